The maximum absolute atomic E-state index is 12.1. The highest BCUT2D eigenvalue weighted by Crippen LogP contribution is 2.35. The van der Waals surface area contributed by atoms with E-state index >= 15 is 0 Å². The van der Waals surface area contributed by atoms with Crippen LogP contribution >= 0.6 is 11.8 Å². The molecule has 4 heteroatoms. The van der Waals surface area contributed by atoms with Gasteiger partial charge in [0.1, 0.15) is 5.69 Å². The van der Waals surface area contributed by atoms with E-state index in [4.69, 9.17) is 0 Å². The van der Waals surface area contributed by atoms with Gasteiger partial charge in [-0.25, -0.2) is 0 Å². The van der Waals surface area contributed by atoms with Gasteiger partial charge in [-0.1, -0.05) is 24.3 Å². The smallest absolute Gasteiger partial charge is 0.270 e. The Morgan fingerprint density at radius 3 is 2.89 bits per heavy atom. The minimum absolute atomic E-state index is 0.0898. The molecule has 1 atom stereocenters. The first-order valence-corrected chi connectivity index (χ1v) is 7.27. The number of nitrogens with zero attached hydrogens (tertiary/aromatic N) is 1. The predicted molar refractivity (Wildman–Crippen MR) is 76.2 cm³/mol. The number of hydrogen-bond donors (Lipinski definition) is 1. The Labute approximate surface area is 116 Å². The average molecular weight is 270 g/mol. The van der Waals surface area contributed by atoms with E-state index in [9.17, 15) is 4.79 Å². The molecule has 19 heavy (non-hydrogen) atoms. The van der Waals surface area contributed by atoms with Crippen molar-refractivity contribution in [1.82, 2.24) is 10.3 Å². The number of pyridine rings is 1. The lowest BCUT2D eigenvalue weighted by Gasteiger charge is -2.25. The molecule has 1 aromatic carbocycles. The second kappa shape index (κ2) is 5.45. The third-order valence-electron chi connectivity index (χ3n) is 3.16. The highest BCUT2D eigenvalue weighted by Gasteiger charge is 2.22. The standard InChI is InChI=1S/C15H14N2OS/c18-15(13-6-3-4-9-16-13)17-12-8-10-19-14-7-2-1-5-11(12)14/h1-7,9,12H,8,10H2,(H,17,18). The molecule has 1 aromatic heterocycles. The van der Waals surface area contributed by atoms with Crippen molar-refractivity contribution in [2.24, 2.45) is 0 Å². The van der Waals surface area contributed by atoms with Crippen LogP contribution < -0.4 is 5.32 Å². The van der Waals surface area contributed by atoms with Crippen LogP contribution in [0.15, 0.2) is 53.6 Å². The minimum Gasteiger partial charge on any atom is -0.344 e. The molecule has 0 spiro atoms. The second-order valence-electron chi connectivity index (χ2n) is 4.42. The molecule has 0 aliphatic carbocycles. The first kappa shape index (κ1) is 12.2. The molecule has 0 bridgehead atoms. The van der Waals surface area contributed by atoms with Crippen LogP contribution in [0, 0.1) is 0 Å². The molecule has 2 heterocycles. The molecule has 1 aliphatic rings. The lowest BCUT2D eigenvalue weighted by atomic mass is 10.0. The van der Waals surface area contributed by atoms with Crippen LogP contribution in [0.2, 0.25) is 0 Å². The van der Waals surface area contributed by atoms with Crippen LogP contribution in [0.4, 0.5) is 0 Å². The van der Waals surface area contributed by atoms with Gasteiger partial charge in [0.25, 0.3) is 5.91 Å². The van der Waals surface area contributed by atoms with Crippen molar-refractivity contribution in [2.75, 3.05) is 5.75 Å². The van der Waals surface area contributed by atoms with Crippen molar-refractivity contribution in [3.63, 3.8) is 0 Å². The number of amides is 1. The molecule has 96 valence electrons. The fraction of sp³-hybridized carbons (Fsp3) is 0.200. The van der Waals surface area contributed by atoms with Crippen LogP contribution in [-0.4, -0.2) is 16.6 Å². The maximum atomic E-state index is 12.1. The van der Waals surface area contributed by atoms with Gasteiger partial charge in [0.05, 0.1) is 6.04 Å². The summed E-state index contributed by atoms with van der Waals surface area (Å²) in [5.74, 6) is 0.928. The van der Waals surface area contributed by atoms with Crippen LogP contribution in [0.25, 0.3) is 0 Å². The Bertz CT molecular complexity index is 586. The zero-order valence-corrected chi connectivity index (χ0v) is 11.2. The molecule has 1 N–H and O–H groups in total. The van der Waals surface area contributed by atoms with Crippen LogP contribution in [0.5, 0.6) is 0 Å². The van der Waals surface area contributed by atoms with E-state index in [1.165, 1.54) is 10.5 Å². The molecular formula is C15H14N2OS. The van der Waals surface area contributed by atoms with E-state index in [2.05, 4.69) is 22.4 Å². The number of thioether (sulfide) groups is 1. The number of carbonyl (C=O) groups excluding carboxylic acids is 1. The lowest BCUT2D eigenvalue weighted by Crippen LogP contribution is -2.31. The van der Waals surface area contributed by atoms with Crippen molar-refractivity contribution in [3.8, 4) is 0 Å². The Morgan fingerprint density at radius 2 is 2.05 bits per heavy atom. The topological polar surface area (TPSA) is 42.0 Å². The molecule has 1 amide bonds. The van der Waals surface area contributed by atoms with Crippen LogP contribution in [0.1, 0.15) is 28.5 Å². The number of hydrogen-bond acceptors (Lipinski definition) is 3. The summed E-state index contributed by atoms with van der Waals surface area (Å²) in [6.07, 6.45) is 2.60. The summed E-state index contributed by atoms with van der Waals surface area (Å²) < 4.78 is 0. The van der Waals surface area contributed by atoms with E-state index in [1.807, 2.05) is 36.0 Å². The first-order chi connectivity index (χ1) is 9.34. The first-order valence-electron chi connectivity index (χ1n) is 6.28. The van der Waals surface area contributed by atoms with Gasteiger partial charge in [-0.15, -0.1) is 11.8 Å². The zero-order valence-electron chi connectivity index (χ0n) is 10.4. The monoisotopic (exact) mass is 270 g/mol. The third-order valence-corrected chi connectivity index (χ3v) is 4.28. The second-order valence-corrected chi connectivity index (χ2v) is 5.55. The SMILES string of the molecule is O=C(NC1CCSc2ccccc21)c1ccccn1. The molecular weight excluding hydrogens is 256 g/mol. The Morgan fingerprint density at radius 1 is 1.21 bits per heavy atom. The van der Waals surface area contributed by atoms with Crippen LogP contribution in [-0.2, 0) is 0 Å². The Balaban J connectivity index is 1.80. The van der Waals surface area contributed by atoms with Gasteiger partial charge in [0.15, 0.2) is 0 Å². The molecule has 3 nitrogen and oxygen atoms in total. The summed E-state index contributed by atoms with van der Waals surface area (Å²) >= 11 is 1.85. The molecule has 0 saturated carbocycles. The fourth-order valence-electron chi connectivity index (χ4n) is 2.22. The summed E-state index contributed by atoms with van der Waals surface area (Å²) in [7, 11) is 0. The van der Waals surface area contributed by atoms with Crippen molar-refractivity contribution in [1.29, 1.82) is 0 Å². The van der Waals surface area contributed by atoms with Crippen LogP contribution in [0.3, 0.4) is 0 Å². The largest absolute Gasteiger partial charge is 0.344 e. The summed E-state index contributed by atoms with van der Waals surface area (Å²) in [5.41, 5.74) is 1.68. The van der Waals surface area contributed by atoms with Gasteiger partial charge in [-0.3, -0.25) is 9.78 Å². The molecule has 1 aliphatic heterocycles. The van der Waals surface area contributed by atoms with E-state index in [0.29, 0.717) is 5.69 Å². The highest BCUT2D eigenvalue weighted by atomic mass is 32.2. The normalized spacial score (nSPS) is 17.6. The van der Waals surface area contributed by atoms with Gasteiger partial charge >= 0.3 is 0 Å². The van der Waals surface area contributed by atoms with Gasteiger partial charge in [-0.05, 0) is 30.2 Å². The van der Waals surface area contributed by atoms with Crippen molar-refractivity contribution in [2.45, 2.75) is 17.4 Å². The number of carbonyl (C=O) groups is 1. The Hall–Kier alpha value is -1.81. The van der Waals surface area contributed by atoms with E-state index < -0.39 is 0 Å². The highest BCUT2D eigenvalue weighted by molar-refractivity contribution is 7.99. The number of nitrogens with one attached hydrogen (secondary N) is 1. The zero-order chi connectivity index (χ0) is 13.1. The lowest BCUT2D eigenvalue weighted by molar-refractivity contribution is 0.0930. The predicted octanol–water partition coefficient (Wildman–Crippen LogP) is 3.05. The minimum atomic E-state index is -0.104. The quantitative estimate of drug-likeness (QED) is 0.912. The average Bonchev–Trinajstić information content (AvgIpc) is 2.48. The van der Waals surface area contributed by atoms with Gasteiger partial charge in [0, 0.05) is 16.8 Å². The molecule has 0 saturated heterocycles. The summed E-state index contributed by atoms with van der Waals surface area (Å²) in [4.78, 5) is 17.5. The molecule has 3 rings (SSSR count). The number of fused-ring (bicyclic) bond motifs is 1. The van der Waals surface area contributed by atoms with E-state index in [-0.39, 0.29) is 11.9 Å². The molecule has 0 radical (unpaired) electrons. The number of aromatic nitrogens is 1. The number of rotatable bonds is 2. The van der Waals surface area contributed by atoms with Crippen molar-refractivity contribution < 1.29 is 4.79 Å². The summed E-state index contributed by atoms with van der Waals surface area (Å²) in [6.45, 7) is 0. The van der Waals surface area contributed by atoms with Crippen molar-refractivity contribution >= 4 is 17.7 Å². The van der Waals surface area contributed by atoms with E-state index in [0.717, 1.165) is 12.2 Å². The molecule has 1 unspecified atom stereocenters. The molecule has 2 aromatic rings. The summed E-state index contributed by atoms with van der Waals surface area (Å²) in [5, 5.41) is 3.08. The third kappa shape index (κ3) is 2.63. The van der Waals surface area contributed by atoms with Crippen molar-refractivity contribution in [3.05, 3.63) is 59.9 Å². The van der Waals surface area contributed by atoms with Gasteiger partial charge in [-0.2, -0.15) is 0 Å². The Kier molecular flexibility index (Phi) is 3.51. The fourth-order valence-corrected chi connectivity index (χ4v) is 3.35. The number of benzene rings is 1. The van der Waals surface area contributed by atoms with Gasteiger partial charge < -0.3 is 5.32 Å². The van der Waals surface area contributed by atoms with E-state index in [1.54, 1.807) is 12.3 Å². The van der Waals surface area contributed by atoms with Gasteiger partial charge in [0.2, 0.25) is 0 Å². The summed E-state index contributed by atoms with van der Waals surface area (Å²) in [6, 6.07) is 13.7. The molecule has 0 fully saturated rings. The maximum Gasteiger partial charge on any atom is 0.270 e.